The molecule has 0 N–H and O–H groups in total. The van der Waals surface area contributed by atoms with Gasteiger partial charge in [-0.05, 0) is 41.5 Å². The number of fused-ring (bicyclic) bond motifs is 1. The first-order chi connectivity index (χ1) is 15.7. The third kappa shape index (κ3) is 3.38. The number of benzene rings is 3. The van der Waals surface area contributed by atoms with Gasteiger partial charge in [-0.2, -0.15) is 5.26 Å². The van der Waals surface area contributed by atoms with Crippen LogP contribution in [0.25, 0.3) is 16.6 Å². The van der Waals surface area contributed by atoms with E-state index in [1.54, 1.807) is 12.5 Å². The Kier molecular flexibility index (Phi) is 4.89. The van der Waals surface area contributed by atoms with Crippen molar-refractivity contribution >= 4 is 16.6 Å². The van der Waals surface area contributed by atoms with Crippen LogP contribution in [0, 0.1) is 18.3 Å². The van der Waals surface area contributed by atoms with Crippen LogP contribution < -0.4 is 0 Å². The summed E-state index contributed by atoms with van der Waals surface area (Å²) >= 11 is 0. The number of carbonyl (C=O) groups excluding carboxylic acids is 1. The maximum absolute atomic E-state index is 13.4. The van der Waals surface area contributed by atoms with Crippen molar-refractivity contribution in [2.45, 2.75) is 13.5 Å². The predicted molar refractivity (Wildman–Crippen MR) is 124 cm³/mol. The average Bonchev–Trinajstić information content (AvgIpc) is 3.44. The maximum Gasteiger partial charge on any atom is 0.195 e. The van der Waals surface area contributed by atoms with Crippen LogP contribution in [0.4, 0.5) is 0 Å². The van der Waals surface area contributed by atoms with Gasteiger partial charge in [-0.15, -0.1) is 0 Å². The van der Waals surface area contributed by atoms with Crippen LogP contribution in [-0.4, -0.2) is 19.9 Å². The molecule has 5 heteroatoms. The van der Waals surface area contributed by atoms with Gasteiger partial charge < -0.3 is 9.13 Å². The fourth-order valence-electron chi connectivity index (χ4n) is 4.09. The number of nitrogens with zero attached hydrogens (tertiary/aromatic N) is 4. The SMILES string of the molecule is Cc1c(C(=O)c2cccc3ccccc23)ccn1-c1cncn1Cc1ccc(C#N)cc1. The maximum atomic E-state index is 13.4. The summed E-state index contributed by atoms with van der Waals surface area (Å²) in [5, 5.41) is 11.0. The molecule has 3 aromatic carbocycles. The molecule has 0 bridgehead atoms. The minimum Gasteiger partial charge on any atom is -0.312 e. The number of carbonyl (C=O) groups is 1. The minimum atomic E-state index is 0.0104. The van der Waals surface area contributed by atoms with E-state index in [1.807, 2.05) is 95.1 Å². The Bertz CT molecular complexity index is 1480. The zero-order valence-corrected chi connectivity index (χ0v) is 17.6. The first kappa shape index (κ1) is 19.5. The molecule has 0 saturated heterocycles. The molecule has 0 unspecified atom stereocenters. The highest BCUT2D eigenvalue weighted by Gasteiger charge is 2.19. The monoisotopic (exact) mass is 416 g/mol. The topological polar surface area (TPSA) is 63.6 Å². The summed E-state index contributed by atoms with van der Waals surface area (Å²) in [6.07, 6.45) is 5.49. The van der Waals surface area contributed by atoms with E-state index in [2.05, 4.69) is 11.1 Å². The van der Waals surface area contributed by atoms with Crippen LogP contribution in [0.15, 0.2) is 91.5 Å². The number of imidazole rings is 1. The first-order valence-corrected chi connectivity index (χ1v) is 10.4. The number of hydrogen-bond donors (Lipinski definition) is 0. The molecule has 0 aliphatic heterocycles. The van der Waals surface area contributed by atoms with Gasteiger partial charge in [-0.25, -0.2) is 4.98 Å². The molecule has 0 saturated carbocycles. The molecule has 5 rings (SSSR count). The van der Waals surface area contributed by atoms with Gasteiger partial charge in [0.15, 0.2) is 5.78 Å². The molecule has 0 spiro atoms. The Hall–Kier alpha value is -4.43. The first-order valence-electron chi connectivity index (χ1n) is 10.4. The molecule has 0 amide bonds. The molecule has 5 nitrogen and oxygen atoms in total. The van der Waals surface area contributed by atoms with Crippen molar-refractivity contribution < 1.29 is 4.79 Å². The van der Waals surface area contributed by atoms with Crippen LogP contribution in [-0.2, 0) is 6.54 Å². The van der Waals surface area contributed by atoms with E-state index >= 15 is 0 Å². The van der Waals surface area contributed by atoms with E-state index < -0.39 is 0 Å². The van der Waals surface area contributed by atoms with E-state index in [-0.39, 0.29) is 5.78 Å². The number of aromatic nitrogens is 3. The van der Waals surface area contributed by atoms with Crippen molar-refractivity contribution in [3.63, 3.8) is 0 Å². The Morgan fingerprint density at radius 1 is 0.969 bits per heavy atom. The van der Waals surface area contributed by atoms with Gasteiger partial charge in [0.2, 0.25) is 0 Å². The fraction of sp³-hybridized carbons (Fsp3) is 0.0741. The fourth-order valence-corrected chi connectivity index (χ4v) is 4.09. The second kappa shape index (κ2) is 8.01. The van der Waals surface area contributed by atoms with E-state index in [0.29, 0.717) is 23.2 Å². The lowest BCUT2D eigenvalue weighted by atomic mass is 9.97. The molecular weight excluding hydrogens is 396 g/mol. The molecule has 32 heavy (non-hydrogen) atoms. The second-order valence-corrected chi connectivity index (χ2v) is 7.73. The molecule has 0 fully saturated rings. The molecule has 2 aromatic heterocycles. The molecule has 0 aliphatic rings. The Labute approximate surface area is 185 Å². The lowest BCUT2D eigenvalue weighted by Crippen LogP contribution is -2.09. The molecule has 2 heterocycles. The summed E-state index contributed by atoms with van der Waals surface area (Å²) in [6.45, 7) is 2.57. The van der Waals surface area contributed by atoms with Crippen molar-refractivity contribution in [1.29, 1.82) is 5.26 Å². The van der Waals surface area contributed by atoms with Gasteiger partial charge >= 0.3 is 0 Å². The van der Waals surface area contributed by atoms with Crippen LogP contribution in [0.3, 0.4) is 0 Å². The number of ketones is 1. The highest BCUT2D eigenvalue weighted by molar-refractivity contribution is 6.17. The molecule has 0 radical (unpaired) electrons. The summed E-state index contributed by atoms with van der Waals surface area (Å²) in [5.41, 5.74) is 3.95. The van der Waals surface area contributed by atoms with Crippen molar-refractivity contribution in [2.24, 2.45) is 0 Å². The standard InChI is InChI=1S/C27H20N4O/c1-19-23(27(32)25-8-4-6-22-5-2-3-7-24(22)25)13-14-31(19)26-16-29-18-30(26)17-21-11-9-20(15-28)10-12-21/h2-14,16,18H,17H2,1H3. The zero-order chi connectivity index (χ0) is 22.1. The molecule has 0 aliphatic carbocycles. The number of rotatable bonds is 5. The zero-order valence-electron chi connectivity index (χ0n) is 17.6. The average molecular weight is 416 g/mol. The summed E-state index contributed by atoms with van der Waals surface area (Å²) < 4.78 is 4.02. The lowest BCUT2D eigenvalue weighted by molar-refractivity contribution is 0.103. The van der Waals surface area contributed by atoms with Gasteiger partial charge in [0.05, 0.1) is 30.7 Å². The highest BCUT2D eigenvalue weighted by Crippen LogP contribution is 2.25. The summed E-state index contributed by atoms with van der Waals surface area (Å²) in [5.74, 6) is 0.889. The van der Waals surface area contributed by atoms with Gasteiger partial charge in [-0.3, -0.25) is 4.79 Å². The second-order valence-electron chi connectivity index (χ2n) is 7.73. The highest BCUT2D eigenvalue weighted by atomic mass is 16.1. The van der Waals surface area contributed by atoms with Crippen molar-refractivity contribution in [3.8, 4) is 11.9 Å². The summed E-state index contributed by atoms with van der Waals surface area (Å²) in [7, 11) is 0. The molecular formula is C27H20N4O. The predicted octanol–water partition coefficient (Wildman–Crippen LogP) is 5.29. The Morgan fingerprint density at radius 2 is 1.75 bits per heavy atom. The van der Waals surface area contributed by atoms with Gasteiger partial charge in [0.25, 0.3) is 0 Å². The molecule has 0 atom stereocenters. The molecule has 5 aromatic rings. The normalized spacial score (nSPS) is 10.9. The van der Waals surface area contributed by atoms with Crippen LogP contribution >= 0.6 is 0 Å². The summed E-state index contributed by atoms with van der Waals surface area (Å²) in [6, 6.07) is 25.3. The van der Waals surface area contributed by atoms with Crippen molar-refractivity contribution in [2.75, 3.05) is 0 Å². The largest absolute Gasteiger partial charge is 0.312 e. The quantitative estimate of drug-likeness (QED) is 0.366. The van der Waals surface area contributed by atoms with Gasteiger partial charge in [0, 0.05) is 23.0 Å². The summed E-state index contributed by atoms with van der Waals surface area (Å²) in [4.78, 5) is 17.8. The van der Waals surface area contributed by atoms with Gasteiger partial charge in [0.1, 0.15) is 5.82 Å². The van der Waals surface area contributed by atoms with Crippen molar-refractivity contribution in [1.82, 2.24) is 14.1 Å². The van der Waals surface area contributed by atoms with Crippen LogP contribution in [0.5, 0.6) is 0 Å². The van der Waals surface area contributed by atoms with Crippen LogP contribution in [0.1, 0.15) is 32.7 Å². The van der Waals surface area contributed by atoms with E-state index in [9.17, 15) is 4.79 Å². The van der Waals surface area contributed by atoms with Gasteiger partial charge in [-0.1, -0.05) is 54.6 Å². The van der Waals surface area contributed by atoms with Crippen LogP contribution in [0.2, 0.25) is 0 Å². The molecule has 154 valence electrons. The van der Waals surface area contributed by atoms with E-state index in [4.69, 9.17) is 5.26 Å². The minimum absolute atomic E-state index is 0.0104. The number of nitriles is 1. The third-order valence-corrected chi connectivity index (χ3v) is 5.79. The van der Waals surface area contributed by atoms with E-state index in [0.717, 1.165) is 27.8 Å². The Balaban J connectivity index is 1.49. The Morgan fingerprint density at radius 3 is 2.56 bits per heavy atom. The van der Waals surface area contributed by atoms with Crippen molar-refractivity contribution in [3.05, 3.63) is 119 Å². The third-order valence-electron chi connectivity index (χ3n) is 5.79. The van der Waals surface area contributed by atoms with E-state index in [1.165, 1.54) is 0 Å². The number of hydrogen-bond acceptors (Lipinski definition) is 3. The smallest absolute Gasteiger partial charge is 0.195 e. The lowest BCUT2D eigenvalue weighted by Gasteiger charge is -2.12.